The zero-order valence-electron chi connectivity index (χ0n) is 15.2. The van der Waals surface area contributed by atoms with Gasteiger partial charge in [0, 0.05) is 0 Å². The van der Waals surface area contributed by atoms with Crippen LogP contribution in [0, 0.1) is 0 Å². The Kier molecular flexibility index (Phi) is 16.5. The topological polar surface area (TPSA) is 40.5 Å². The van der Waals surface area contributed by atoms with E-state index in [1.807, 2.05) is 48.6 Å². The number of hydrogen-bond acceptors (Lipinski definition) is 2. The maximum Gasteiger partial charge on any atom is 0.0758 e. The van der Waals surface area contributed by atoms with Gasteiger partial charge >= 0.3 is 0 Å². The lowest BCUT2D eigenvalue weighted by Gasteiger charge is -1.98. The van der Waals surface area contributed by atoms with Crippen molar-refractivity contribution in [3.8, 4) is 0 Å². The van der Waals surface area contributed by atoms with Crippen molar-refractivity contribution in [1.29, 1.82) is 0 Å². The molecule has 0 saturated heterocycles. The molecule has 0 aliphatic heterocycles. The fraction of sp³-hybridized carbons (Fsp3) is 0.455. The first kappa shape index (κ1) is 22.4. The number of rotatable bonds is 13. The van der Waals surface area contributed by atoms with Gasteiger partial charge in [-0.25, -0.2) is 0 Å². The van der Waals surface area contributed by atoms with Gasteiger partial charge in [-0.15, -0.1) is 0 Å². The second-order valence-electron chi connectivity index (χ2n) is 5.61. The molecule has 0 radical (unpaired) electrons. The molecule has 0 heterocycles. The lowest BCUT2D eigenvalue weighted by Crippen LogP contribution is -1.98. The number of aliphatic hydroxyl groups is 2. The van der Waals surface area contributed by atoms with Gasteiger partial charge in [0.05, 0.1) is 12.2 Å². The molecule has 0 aromatic heterocycles. The fourth-order valence-corrected chi connectivity index (χ4v) is 1.86. The molecule has 0 aromatic carbocycles. The summed E-state index contributed by atoms with van der Waals surface area (Å²) in [7, 11) is 0. The minimum Gasteiger partial charge on any atom is -0.389 e. The highest BCUT2D eigenvalue weighted by molar-refractivity contribution is 5.10. The van der Waals surface area contributed by atoms with Crippen molar-refractivity contribution >= 4 is 0 Å². The van der Waals surface area contributed by atoms with Crippen LogP contribution in [0.25, 0.3) is 0 Å². The zero-order chi connectivity index (χ0) is 17.9. The molecule has 0 saturated carbocycles. The highest BCUT2D eigenvalue weighted by Gasteiger charge is 1.93. The van der Waals surface area contributed by atoms with Gasteiger partial charge < -0.3 is 10.2 Å². The molecule has 0 aliphatic carbocycles. The Balaban J connectivity index is 3.83. The lowest BCUT2D eigenvalue weighted by molar-refractivity contribution is 0.226. The molecule has 0 aromatic rings. The van der Waals surface area contributed by atoms with Crippen LogP contribution in [-0.2, 0) is 0 Å². The van der Waals surface area contributed by atoms with Crippen molar-refractivity contribution < 1.29 is 10.2 Å². The zero-order valence-corrected chi connectivity index (χ0v) is 15.2. The Labute approximate surface area is 148 Å². The molecule has 2 N–H and O–H groups in total. The third-order valence-electron chi connectivity index (χ3n) is 3.21. The minimum absolute atomic E-state index is 0.413. The molecule has 0 fully saturated rings. The van der Waals surface area contributed by atoms with Crippen LogP contribution < -0.4 is 0 Å². The van der Waals surface area contributed by atoms with Crippen LogP contribution in [-0.4, -0.2) is 22.4 Å². The van der Waals surface area contributed by atoms with Crippen molar-refractivity contribution in [2.45, 2.75) is 64.6 Å². The Morgan fingerprint density at radius 1 is 0.667 bits per heavy atom. The van der Waals surface area contributed by atoms with E-state index in [4.69, 9.17) is 0 Å². The Bertz CT molecular complexity index is 439. The summed E-state index contributed by atoms with van der Waals surface area (Å²) in [5.74, 6) is 0. The monoisotopic (exact) mass is 330 g/mol. The van der Waals surface area contributed by atoms with E-state index in [1.165, 1.54) is 0 Å². The third kappa shape index (κ3) is 16.7. The highest BCUT2D eigenvalue weighted by atomic mass is 16.3. The van der Waals surface area contributed by atoms with Gasteiger partial charge in [-0.2, -0.15) is 0 Å². The molecule has 2 heteroatoms. The Morgan fingerprint density at radius 2 is 1.21 bits per heavy atom. The summed E-state index contributed by atoms with van der Waals surface area (Å²) in [5.41, 5.74) is 0. The molecule has 0 spiro atoms. The fourth-order valence-electron chi connectivity index (χ4n) is 1.86. The predicted molar refractivity (Wildman–Crippen MR) is 106 cm³/mol. The quantitative estimate of drug-likeness (QED) is 0.349. The normalized spacial score (nSPS) is 16.0. The summed E-state index contributed by atoms with van der Waals surface area (Å²) < 4.78 is 0. The third-order valence-corrected chi connectivity index (χ3v) is 3.21. The van der Waals surface area contributed by atoms with E-state index in [2.05, 4.69) is 26.0 Å². The maximum absolute atomic E-state index is 9.73. The van der Waals surface area contributed by atoms with Gasteiger partial charge in [0.15, 0.2) is 0 Å². The molecule has 134 valence electrons. The van der Waals surface area contributed by atoms with E-state index >= 15 is 0 Å². The van der Waals surface area contributed by atoms with Gasteiger partial charge in [0.2, 0.25) is 0 Å². The second-order valence-corrected chi connectivity index (χ2v) is 5.61. The summed E-state index contributed by atoms with van der Waals surface area (Å²) >= 11 is 0. The van der Waals surface area contributed by atoms with Gasteiger partial charge in [-0.3, -0.25) is 0 Å². The molecule has 0 rings (SSSR count). The number of aliphatic hydroxyl groups excluding tert-OH is 2. The largest absolute Gasteiger partial charge is 0.389 e. The minimum atomic E-state index is -0.413. The summed E-state index contributed by atoms with van der Waals surface area (Å²) in [5, 5.41) is 19.4. The predicted octanol–water partition coefficient (Wildman–Crippen LogP) is 5.43. The molecular formula is C22H34O2. The van der Waals surface area contributed by atoms with E-state index in [0.717, 1.165) is 25.7 Å². The summed E-state index contributed by atoms with van der Waals surface area (Å²) in [6, 6.07) is 0. The van der Waals surface area contributed by atoms with Crippen molar-refractivity contribution in [3.63, 3.8) is 0 Å². The van der Waals surface area contributed by atoms with Crippen molar-refractivity contribution in [2.24, 2.45) is 0 Å². The summed E-state index contributed by atoms with van der Waals surface area (Å²) in [6.07, 6.45) is 28.1. The summed E-state index contributed by atoms with van der Waals surface area (Å²) in [6.45, 7) is 4.22. The van der Waals surface area contributed by atoms with Gasteiger partial charge in [-0.05, 0) is 32.1 Å². The van der Waals surface area contributed by atoms with Gasteiger partial charge in [0.25, 0.3) is 0 Å². The van der Waals surface area contributed by atoms with E-state index in [9.17, 15) is 10.2 Å². The van der Waals surface area contributed by atoms with Crippen LogP contribution in [0.3, 0.4) is 0 Å². The van der Waals surface area contributed by atoms with Gasteiger partial charge in [-0.1, -0.05) is 93.2 Å². The van der Waals surface area contributed by atoms with Crippen LogP contribution in [0.1, 0.15) is 52.4 Å². The van der Waals surface area contributed by atoms with E-state index in [-0.39, 0.29) is 0 Å². The van der Waals surface area contributed by atoms with Crippen molar-refractivity contribution in [3.05, 3.63) is 72.9 Å². The molecule has 0 unspecified atom stereocenters. The van der Waals surface area contributed by atoms with E-state index < -0.39 is 12.2 Å². The first-order valence-electron chi connectivity index (χ1n) is 9.03. The van der Waals surface area contributed by atoms with E-state index in [0.29, 0.717) is 12.8 Å². The maximum atomic E-state index is 9.73. The Morgan fingerprint density at radius 3 is 1.71 bits per heavy atom. The second kappa shape index (κ2) is 17.7. The molecule has 2 nitrogen and oxygen atoms in total. The molecular weight excluding hydrogens is 296 g/mol. The smallest absolute Gasteiger partial charge is 0.0758 e. The van der Waals surface area contributed by atoms with Crippen LogP contribution in [0.5, 0.6) is 0 Å². The Hall–Kier alpha value is -1.64. The lowest BCUT2D eigenvalue weighted by atomic mass is 10.2. The number of hydrogen-bond donors (Lipinski definition) is 2. The molecule has 0 aliphatic rings. The van der Waals surface area contributed by atoms with Crippen molar-refractivity contribution in [1.82, 2.24) is 0 Å². The first-order chi connectivity index (χ1) is 11.7. The molecule has 24 heavy (non-hydrogen) atoms. The SMILES string of the molecule is CC/C=C\C[C@@H](O)/C=C/C=C\C/C=C\C=C\[C@@H](O)C/C=C\CCC. The number of unbranched alkanes of at least 4 members (excludes halogenated alkanes) is 1. The van der Waals surface area contributed by atoms with Crippen LogP contribution in [0.2, 0.25) is 0 Å². The molecule has 0 bridgehead atoms. The average molecular weight is 331 g/mol. The van der Waals surface area contributed by atoms with Gasteiger partial charge in [0.1, 0.15) is 0 Å². The van der Waals surface area contributed by atoms with E-state index in [1.54, 1.807) is 12.2 Å². The molecule has 2 atom stereocenters. The molecule has 0 amide bonds. The van der Waals surface area contributed by atoms with Crippen LogP contribution in [0.15, 0.2) is 72.9 Å². The summed E-state index contributed by atoms with van der Waals surface area (Å²) in [4.78, 5) is 0. The first-order valence-corrected chi connectivity index (χ1v) is 9.03. The number of allylic oxidation sites excluding steroid dienone is 8. The van der Waals surface area contributed by atoms with Crippen molar-refractivity contribution in [2.75, 3.05) is 0 Å². The highest BCUT2D eigenvalue weighted by Crippen LogP contribution is 1.99. The van der Waals surface area contributed by atoms with Crippen LogP contribution in [0.4, 0.5) is 0 Å². The van der Waals surface area contributed by atoms with Crippen LogP contribution >= 0.6 is 0 Å². The standard InChI is InChI=1S/C22H34O2/c1-3-5-7-14-18-22(24)20-16-12-10-8-9-11-15-19-21(23)17-13-6-4-2/h6-7,9-16,19-24H,3-5,8,17-18H2,1-2H3/b11-9-,12-10-,13-6-,14-7-,19-15+,20-16+/t21-,22+/m1/s1. The average Bonchev–Trinajstić information content (AvgIpc) is 2.57.